The predicted octanol–water partition coefficient (Wildman–Crippen LogP) is 4.40. The first-order valence-corrected chi connectivity index (χ1v) is 11.7. The Morgan fingerprint density at radius 3 is 2.79 bits per heavy atom. The highest BCUT2D eigenvalue weighted by atomic mass is 32.1. The Morgan fingerprint density at radius 2 is 2.03 bits per heavy atom. The van der Waals surface area contributed by atoms with Crippen molar-refractivity contribution in [1.29, 1.82) is 0 Å². The summed E-state index contributed by atoms with van der Waals surface area (Å²) in [7, 11) is 0. The number of rotatable bonds is 8. The number of alkyl halides is 3. The zero-order chi connectivity index (χ0) is 24.1. The lowest BCUT2D eigenvalue weighted by atomic mass is 10.1. The van der Waals surface area contributed by atoms with Gasteiger partial charge in [-0.05, 0) is 25.1 Å². The van der Waals surface area contributed by atoms with Crippen molar-refractivity contribution in [3.63, 3.8) is 0 Å². The Kier molecular flexibility index (Phi) is 7.67. The summed E-state index contributed by atoms with van der Waals surface area (Å²) >= 11 is 1.31. The molecule has 3 aromatic rings. The van der Waals surface area contributed by atoms with Crippen molar-refractivity contribution in [1.82, 2.24) is 15.2 Å². The number of thiazole rings is 1. The highest BCUT2D eigenvalue weighted by molar-refractivity contribution is 7.14. The zero-order valence-corrected chi connectivity index (χ0v) is 19.4. The van der Waals surface area contributed by atoms with Crippen LogP contribution in [0.5, 0.6) is 0 Å². The van der Waals surface area contributed by atoms with Crippen LogP contribution in [0, 0.1) is 6.92 Å². The molecule has 0 atom stereocenters. The Labute approximate surface area is 198 Å². The summed E-state index contributed by atoms with van der Waals surface area (Å²) in [4.78, 5) is 19.5. The van der Waals surface area contributed by atoms with Gasteiger partial charge >= 0.3 is 6.18 Å². The summed E-state index contributed by atoms with van der Waals surface area (Å²) < 4.78 is 50.0. The van der Waals surface area contributed by atoms with Crippen LogP contribution in [0.2, 0.25) is 0 Å². The van der Waals surface area contributed by atoms with Gasteiger partial charge in [-0.2, -0.15) is 13.2 Å². The lowest BCUT2D eigenvalue weighted by Gasteiger charge is -2.26. The van der Waals surface area contributed by atoms with Gasteiger partial charge in [0.1, 0.15) is 11.5 Å². The van der Waals surface area contributed by atoms with E-state index in [9.17, 15) is 18.0 Å². The number of anilines is 1. The summed E-state index contributed by atoms with van der Waals surface area (Å²) in [6.07, 6.45) is -4.46. The summed E-state index contributed by atoms with van der Waals surface area (Å²) in [6, 6.07) is 6.25. The number of nitrogens with one attached hydrogen (secondary N) is 2. The smallest absolute Gasteiger partial charge is 0.416 e. The Bertz CT molecular complexity index is 1120. The fourth-order valence-corrected chi connectivity index (χ4v) is 4.29. The SMILES string of the molecule is Cc1oc(-c2cccc(C(F)(F)F)c2)cc1C(=O)Nc1nc(CNCCN2CCOCC2)cs1. The van der Waals surface area contributed by atoms with Gasteiger partial charge in [-0.25, -0.2) is 4.98 Å². The molecule has 1 amide bonds. The number of amides is 1. The molecular weight excluding hydrogens is 469 g/mol. The second-order valence-electron chi connectivity index (χ2n) is 7.89. The lowest BCUT2D eigenvalue weighted by Crippen LogP contribution is -2.40. The first-order chi connectivity index (χ1) is 16.3. The van der Waals surface area contributed by atoms with E-state index in [1.807, 2.05) is 5.38 Å². The first-order valence-electron chi connectivity index (χ1n) is 10.8. The van der Waals surface area contributed by atoms with E-state index in [0.29, 0.717) is 17.4 Å². The third-order valence-corrected chi connectivity index (χ3v) is 6.23. The van der Waals surface area contributed by atoms with E-state index < -0.39 is 17.6 Å². The van der Waals surface area contributed by atoms with Crippen LogP contribution >= 0.6 is 11.3 Å². The summed E-state index contributed by atoms with van der Waals surface area (Å²) in [5.41, 5.74) is 0.527. The third-order valence-electron chi connectivity index (χ3n) is 5.42. The number of ether oxygens (including phenoxy) is 1. The van der Waals surface area contributed by atoms with Crippen molar-refractivity contribution in [3.8, 4) is 11.3 Å². The monoisotopic (exact) mass is 494 g/mol. The van der Waals surface area contributed by atoms with Gasteiger partial charge in [0.15, 0.2) is 5.13 Å². The molecule has 34 heavy (non-hydrogen) atoms. The topological polar surface area (TPSA) is 79.6 Å². The van der Waals surface area contributed by atoms with E-state index in [-0.39, 0.29) is 16.9 Å². The van der Waals surface area contributed by atoms with Gasteiger partial charge in [0, 0.05) is 43.7 Å². The van der Waals surface area contributed by atoms with Gasteiger partial charge in [0.05, 0.1) is 30.0 Å². The molecule has 182 valence electrons. The summed E-state index contributed by atoms with van der Waals surface area (Å²) in [5, 5.41) is 8.40. The molecule has 1 saturated heterocycles. The summed E-state index contributed by atoms with van der Waals surface area (Å²) in [5.74, 6) is 0.0742. The van der Waals surface area contributed by atoms with Crippen LogP contribution in [0.15, 0.2) is 40.1 Å². The van der Waals surface area contributed by atoms with Crippen molar-refractivity contribution < 1.29 is 27.1 Å². The minimum atomic E-state index is -4.46. The van der Waals surface area contributed by atoms with Crippen LogP contribution in [0.4, 0.5) is 18.3 Å². The van der Waals surface area contributed by atoms with Crippen LogP contribution in [0.1, 0.15) is 27.4 Å². The quantitative estimate of drug-likeness (QED) is 0.452. The van der Waals surface area contributed by atoms with Crippen LogP contribution in [-0.2, 0) is 17.5 Å². The van der Waals surface area contributed by atoms with Crippen molar-refractivity contribution >= 4 is 22.4 Å². The Hall–Kier alpha value is -2.73. The number of carbonyl (C=O) groups excluding carboxylic acids is 1. The molecule has 1 aromatic carbocycles. The molecule has 3 heterocycles. The first kappa shape index (κ1) is 24.4. The summed E-state index contributed by atoms with van der Waals surface area (Å²) in [6.45, 7) is 7.37. The molecule has 1 fully saturated rings. The van der Waals surface area contributed by atoms with Gasteiger partial charge < -0.3 is 14.5 Å². The van der Waals surface area contributed by atoms with Crippen LogP contribution < -0.4 is 10.6 Å². The molecule has 0 aliphatic carbocycles. The number of carbonyl (C=O) groups is 1. The molecule has 0 unspecified atom stereocenters. The molecule has 2 N–H and O–H groups in total. The Morgan fingerprint density at radius 1 is 1.24 bits per heavy atom. The zero-order valence-electron chi connectivity index (χ0n) is 18.6. The third kappa shape index (κ3) is 6.23. The Balaban J connectivity index is 1.33. The van der Waals surface area contributed by atoms with Crippen molar-refractivity contribution in [2.45, 2.75) is 19.6 Å². The number of hydrogen-bond donors (Lipinski definition) is 2. The standard InChI is InChI=1S/C23H25F3N4O3S/c1-15-19(12-20(33-15)16-3-2-4-17(11-16)23(24,25)26)21(31)29-22-28-18(14-34-22)13-27-5-6-30-7-9-32-10-8-30/h2-4,11-12,14,27H,5-10,13H2,1H3,(H,28,29,31). The van der Waals surface area contributed by atoms with E-state index in [4.69, 9.17) is 9.15 Å². The van der Waals surface area contributed by atoms with Gasteiger partial charge in [0.2, 0.25) is 0 Å². The van der Waals surface area contributed by atoms with E-state index in [1.165, 1.54) is 29.5 Å². The number of nitrogens with zero attached hydrogens (tertiary/aromatic N) is 2. The minimum Gasteiger partial charge on any atom is -0.461 e. The van der Waals surface area contributed by atoms with Gasteiger partial charge in [-0.15, -0.1) is 11.3 Å². The number of morpholine rings is 1. The van der Waals surface area contributed by atoms with Gasteiger partial charge in [-0.1, -0.05) is 12.1 Å². The minimum absolute atomic E-state index is 0.193. The maximum atomic E-state index is 13.0. The van der Waals surface area contributed by atoms with E-state index >= 15 is 0 Å². The average molecular weight is 495 g/mol. The van der Waals surface area contributed by atoms with Crippen LogP contribution in [0.25, 0.3) is 11.3 Å². The lowest BCUT2D eigenvalue weighted by molar-refractivity contribution is -0.137. The molecule has 0 spiro atoms. The van der Waals surface area contributed by atoms with Crippen molar-refractivity contribution in [3.05, 3.63) is 58.3 Å². The average Bonchev–Trinajstić information content (AvgIpc) is 3.43. The van der Waals surface area contributed by atoms with E-state index in [1.54, 1.807) is 6.92 Å². The maximum Gasteiger partial charge on any atom is 0.416 e. The molecular formula is C23H25F3N4O3S. The molecule has 1 aliphatic rings. The number of hydrogen-bond acceptors (Lipinski definition) is 7. The molecule has 2 aromatic heterocycles. The molecule has 4 rings (SSSR count). The van der Waals surface area contributed by atoms with Crippen molar-refractivity contribution in [2.75, 3.05) is 44.7 Å². The van der Waals surface area contributed by atoms with Crippen LogP contribution in [0.3, 0.4) is 0 Å². The highest BCUT2D eigenvalue weighted by Gasteiger charge is 2.31. The van der Waals surface area contributed by atoms with Crippen LogP contribution in [-0.4, -0.2) is 55.2 Å². The molecule has 11 heteroatoms. The molecule has 1 aliphatic heterocycles. The number of aromatic nitrogens is 1. The van der Waals surface area contributed by atoms with E-state index in [0.717, 1.165) is 57.2 Å². The number of halogens is 3. The second kappa shape index (κ2) is 10.7. The highest BCUT2D eigenvalue weighted by Crippen LogP contribution is 2.33. The fraction of sp³-hybridized carbons (Fsp3) is 0.391. The second-order valence-corrected chi connectivity index (χ2v) is 8.75. The van der Waals surface area contributed by atoms with Crippen molar-refractivity contribution in [2.24, 2.45) is 0 Å². The van der Waals surface area contributed by atoms with Gasteiger partial charge in [-0.3, -0.25) is 15.0 Å². The number of furan rings is 1. The molecule has 0 saturated carbocycles. The molecule has 7 nitrogen and oxygen atoms in total. The van der Waals surface area contributed by atoms with E-state index in [2.05, 4.69) is 20.5 Å². The maximum absolute atomic E-state index is 13.0. The number of aryl methyl sites for hydroxylation is 1. The van der Waals surface area contributed by atoms with Gasteiger partial charge in [0.25, 0.3) is 5.91 Å². The molecule has 0 radical (unpaired) electrons. The number of benzene rings is 1. The molecule has 0 bridgehead atoms. The fourth-order valence-electron chi connectivity index (χ4n) is 3.59. The predicted molar refractivity (Wildman–Crippen MR) is 123 cm³/mol. The normalized spacial score (nSPS) is 14.9. The largest absolute Gasteiger partial charge is 0.461 e.